The molecule has 0 amide bonds. The predicted octanol–water partition coefficient (Wildman–Crippen LogP) is 5.81. The summed E-state index contributed by atoms with van der Waals surface area (Å²) < 4.78 is 5.59. The molecule has 2 rings (SSSR count). The van der Waals surface area contributed by atoms with Gasteiger partial charge in [0.1, 0.15) is 5.76 Å². The zero-order chi connectivity index (χ0) is 17.5. The van der Waals surface area contributed by atoms with Crippen molar-refractivity contribution in [2.75, 3.05) is 18.1 Å². The fraction of sp³-hybridized carbons (Fsp3) is 0.421. The van der Waals surface area contributed by atoms with Crippen LogP contribution in [0.25, 0.3) is 0 Å². The van der Waals surface area contributed by atoms with Crippen LogP contribution in [0.15, 0.2) is 52.0 Å². The van der Waals surface area contributed by atoms with Crippen molar-refractivity contribution in [2.24, 2.45) is 5.92 Å². The summed E-state index contributed by atoms with van der Waals surface area (Å²) in [5.74, 6) is 1.56. The van der Waals surface area contributed by atoms with E-state index < -0.39 is 0 Å². The first-order chi connectivity index (χ1) is 11.5. The maximum Gasteiger partial charge on any atom is 0.174 e. The van der Waals surface area contributed by atoms with Gasteiger partial charge in [-0.1, -0.05) is 19.9 Å². The number of anilines is 1. The molecule has 0 radical (unpaired) electrons. The van der Waals surface area contributed by atoms with Gasteiger partial charge in [-0.25, -0.2) is 0 Å². The van der Waals surface area contributed by atoms with Crippen LogP contribution < -0.4 is 5.32 Å². The molecule has 0 saturated carbocycles. The summed E-state index contributed by atoms with van der Waals surface area (Å²) in [5, 5.41) is 4.12. The van der Waals surface area contributed by atoms with E-state index >= 15 is 0 Å². The predicted molar refractivity (Wildman–Crippen MR) is 108 cm³/mol. The minimum atomic E-state index is 0.0995. The molecule has 0 aliphatic rings. The van der Waals surface area contributed by atoms with Gasteiger partial charge in [0, 0.05) is 17.1 Å². The number of benzene rings is 1. The largest absolute Gasteiger partial charge is 0.467 e. The summed E-state index contributed by atoms with van der Waals surface area (Å²) in [6.07, 6.45) is 4.87. The number of thiocarbonyl (C=S) groups is 1. The number of hydrogen-bond acceptors (Lipinski definition) is 3. The normalized spacial score (nSPS) is 12.2. The van der Waals surface area contributed by atoms with E-state index in [-0.39, 0.29) is 6.04 Å². The number of hydrogen-bond donors (Lipinski definition) is 1. The molecule has 1 atom stereocenters. The Kier molecular flexibility index (Phi) is 7.18. The molecule has 1 unspecified atom stereocenters. The van der Waals surface area contributed by atoms with Crippen LogP contribution in [0.1, 0.15) is 39.0 Å². The molecule has 3 nitrogen and oxygen atoms in total. The average Bonchev–Trinajstić information content (AvgIpc) is 3.09. The maximum absolute atomic E-state index is 5.71. The van der Waals surface area contributed by atoms with Gasteiger partial charge in [0.15, 0.2) is 5.11 Å². The van der Waals surface area contributed by atoms with E-state index in [0.717, 1.165) is 29.5 Å². The highest BCUT2D eigenvalue weighted by Gasteiger charge is 2.21. The second-order valence-electron chi connectivity index (χ2n) is 6.23. The Morgan fingerprint density at radius 2 is 2.04 bits per heavy atom. The lowest BCUT2D eigenvalue weighted by Gasteiger charge is -2.31. The molecule has 0 saturated heterocycles. The van der Waals surface area contributed by atoms with Crippen molar-refractivity contribution >= 4 is 34.8 Å². The fourth-order valence-corrected chi connectivity index (χ4v) is 3.27. The number of thioether (sulfide) groups is 1. The molecule has 0 aliphatic carbocycles. The first-order valence-corrected chi connectivity index (χ1v) is 9.89. The minimum Gasteiger partial charge on any atom is -0.467 e. The first-order valence-electron chi connectivity index (χ1n) is 8.26. The number of rotatable bonds is 7. The molecule has 0 spiro atoms. The molecule has 2 aromatic rings. The number of nitrogens with zero attached hydrogens (tertiary/aromatic N) is 1. The van der Waals surface area contributed by atoms with Crippen LogP contribution in [-0.2, 0) is 0 Å². The molecule has 5 heteroatoms. The summed E-state index contributed by atoms with van der Waals surface area (Å²) in [7, 11) is 0. The summed E-state index contributed by atoms with van der Waals surface area (Å²) in [4.78, 5) is 3.43. The molecule has 1 aromatic carbocycles. The SMILES string of the molecule is CSc1cccc(NC(=S)N(CCC(C)C)C(C)c2ccco2)c1. The maximum atomic E-state index is 5.71. The monoisotopic (exact) mass is 362 g/mol. The van der Waals surface area contributed by atoms with E-state index in [1.54, 1.807) is 18.0 Å². The van der Waals surface area contributed by atoms with Crippen molar-refractivity contribution in [3.63, 3.8) is 0 Å². The van der Waals surface area contributed by atoms with Gasteiger partial charge in [-0.15, -0.1) is 11.8 Å². The number of nitrogens with one attached hydrogen (secondary N) is 1. The van der Waals surface area contributed by atoms with Gasteiger partial charge in [-0.2, -0.15) is 0 Å². The van der Waals surface area contributed by atoms with Gasteiger partial charge in [0.05, 0.1) is 12.3 Å². The van der Waals surface area contributed by atoms with E-state index in [2.05, 4.69) is 49.4 Å². The van der Waals surface area contributed by atoms with Crippen molar-refractivity contribution in [3.05, 3.63) is 48.4 Å². The minimum absolute atomic E-state index is 0.0995. The Balaban J connectivity index is 2.13. The van der Waals surface area contributed by atoms with Crippen molar-refractivity contribution in [2.45, 2.75) is 38.1 Å². The lowest BCUT2D eigenvalue weighted by Crippen LogP contribution is -2.38. The van der Waals surface area contributed by atoms with Crippen LogP contribution in [0.5, 0.6) is 0 Å². The van der Waals surface area contributed by atoms with Crippen molar-refractivity contribution < 1.29 is 4.42 Å². The van der Waals surface area contributed by atoms with Crippen molar-refractivity contribution in [1.29, 1.82) is 0 Å². The highest BCUT2D eigenvalue weighted by atomic mass is 32.2. The quantitative estimate of drug-likeness (QED) is 0.496. The van der Waals surface area contributed by atoms with Gasteiger partial charge in [-0.3, -0.25) is 0 Å². The molecule has 1 heterocycles. The molecule has 1 N–H and O–H groups in total. The second kappa shape index (κ2) is 9.14. The van der Waals surface area contributed by atoms with Crippen molar-refractivity contribution in [1.82, 2.24) is 4.90 Å². The van der Waals surface area contributed by atoms with E-state index in [1.165, 1.54) is 4.90 Å². The molecular weight excluding hydrogens is 336 g/mol. The Morgan fingerprint density at radius 1 is 1.25 bits per heavy atom. The summed E-state index contributed by atoms with van der Waals surface area (Å²) in [5.41, 5.74) is 1.02. The van der Waals surface area contributed by atoms with Gasteiger partial charge in [0.2, 0.25) is 0 Å². The van der Waals surface area contributed by atoms with E-state index in [0.29, 0.717) is 5.92 Å². The second-order valence-corrected chi connectivity index (χ2v) is 7.50. The smallest absolute Gasteiger partial charge is 0.174 e. The zero-order valence-electron chi connectivity index (χ0n) is 14.8. The molecule has 0 aliphatic heterocycles. The Morgan fingerprint density at radius 3 is 2.67 bits per heavy atom. The van der Waals surface area contributed by atoms with Crippen LogP contribution >= 0.6 is 24.0 Å². The lowest BCUT2D eigenvalue weighted by atomic mass is 10.1. The van der Waals surface area contributed by atoms with Gasteiger partial charge in [0.25, 0.3) is 0 Å². The topological polar surface area (TPSA) is 28.4 Å². The van der Waals surface area contributed by atoms with E-state index in [4.69, 9.17) is 16.6 Å². The third kappa shape index (κ3) is 5.28. The van der Waals surface area contributed by atoms with Crippen LogP contribution in [0.2, 0.25) is 0 Å². The average molecular weight is 363 g/mol. The van der Waals surface area contributed by atoms with Gasteiger partial charge in [-0.05, 0) is 68.1 Å². The summed E-state index contributed by atoms with van der Waals surface area (Å²) >= 11 is 7.43. The lowest BCUT2D eigenvalue weighted by molar-refractivity contribution is 0.281. The molecule has 0 fully saturated rings. The first kappa shape index (κ1) is 18.9. The Hall–Kier alpha value is -1.46. The van der Waals surface area contributed by atoms with E-state index in [9.17, 15) is 0 Å². The van der Waals surface area contributed by atoms with E-state index in [1.807, 2.05) is 24.3 Å². The van der Waals surface area contributed by atoms with Crippen LogP contribution in [0, 0.1) is 5.92 Å². The van der Waals surface area contributed by atoms with Crippen LogP contribution in [0.3, 0.4) is 0 Å². The molecule has 1 aromatic heterocycles. The highest BCUT2D eigenvalue weighted by Crippen LogP contribution is 2.24. The fourth-order valence-electron chi connectivity index (χ4n) is 2.45. The number of furan rings is 1. The summed E-state index contributed by atoms with van der Waals surface area (Å²) in [6, 6.07) is 12.3. The van der Waals surface area contributed by atoms with Gasteiger partial charge >= 0.3 is 0 Å². The highest BCUT2D eigenvalue weighted by molar-refractivity contribution is 7.98. The Labute approximate surface area is 154 Å². The van der Waals surface area contributed by atoms with Crippen LogP contribution in [0.4, 0.5) is 5.69 Å². The van der Waals surface area contributed by atoms with Gasteiger partial charge < -0.3 is 14.6 Å². The molecule has 24 heavy (non-hydrogen) atoms. The zero-order valence-corrected chi connectivity index (χ0v) is 16.4. The summed E-state index contributed by atoms with van der Waals surface area (Å²) in [6.45, 7) is 7.49. The Bertz CT molecular complexity index is 641. The van der Waals surface area contributed by atoms with Crippen molar-refractivity contribution in [3.8, 4) is 0 Å². The molecular formula is C19H26N2OS2. The standard InChI is InChI=1S/C19H26N2OS2/c1-14(2)10-11-21(15(3)18-9-6-12-22-18)19(23)20-16-7-5-8-17(13-16)24-4/h5-9,12-15H,10-11H2,1-4H3,(H,20,23). The molecule has 130 valence electrons. The molecule has 0 bridgehead atoms. The third-order valence-electron chi connectivity index (χ3n) is 3.95. The third-order valence-corrected chi connectivity index (χ3v) is 5.01. The van der Waals surface area contributed by atoms with Crippen LogP contribution in [-0.4, -0.2) is 22.8 Å².